The summed E-state index contributed by atoms with van der Waals surface area (Å²) in [5, 5.41) is 0. The molecular formula is C11H23N3. The molecule has 0 bridgehead atoms. The van der Waals surface area contributed by atoms with Crippen molar-refractivity contribution in [2.24, 2.45) is 5.84 Å². The molecule has 0 heterocycles. The van der Waals surface area contributed by atoms with Gasteiger partial charge in [0.25, 0.3) is 0 Å². The maximum Gasteiger partial charge on any atom is 0.0231 e. The van der Waals surface area contributed by atoms with Gasteiger partial charge in [-0.1, -0.05) is 13.8 Å². The summed E-state index contributed by atoms with van der Waals surface area (Å²) in [5.41, 5.74) is 2.82. The van der Waals surface area contributed by atoms with Crippen LogP contribution in [0.4, 0.5) is 0 Å². The van der Waals surface area contributed by atoms with Crippen LogP contribution in [0.2, 0.25) is 0 Å². The molecule has 1 atom stereocenters. The van der Waals surface area contributed by atoms with Crippen molar-refractivity contribution in [3.8, 4) is 12.3 Å². The lowest BCUT2D eigenvalue weighted by Crippen LogP contribution is -2.38. The second-order valence-corrected chi connectivity index (χ2v) is 3.42. The number of hydrogen-bond acceptors (Lipinski definition) is 3. The Morgan fingerprint density at radius 1 is 1.36 bits per heavy atom. The van der Waals surface area contributed by atoms with Gasteiger partial charge in [0, 0.05) is 12.5 Å². The van der Waals surface area contributed by atoms with Crippen LogP contribution in [-0.4, -0.2) is 30.6 Å². The van der Waals surface area contributed by atoms with Crippen molar-refractivity contribution in [3.63, 3.8) is 0 Å². The van der Waals surface area contributed by atoms with Gasteiger partial charge in [0.15, 0.2) is 0 Å². The van der Waals surface area contributed by atoms with Gasteiger partial charge in [-0.3, -0.25) is 11.3 Å². The summed E-state index contributed by atoms with van der Waals surface area (Å²) in [4.78, 5) is 2.39. The van der Waals surface area contributed by atoms with E-state index in [2.05, 4.69) is 30.1 Å². The van der Waals surface area contributed by atoms with Crippen molar-refractivity contribution in [1.82, 2.24) is 10.3 Å². The molecule has 0 amide bonds. The van der Waals surface area contributed by atoms with E-state index in [1.54, 1.807) is 0 Å². The fraction of sp³-hybridized carbons (Fsp3) is 0.818. The highest BCUT2D eigenvalue weighted by Crippen LogP contribution is 2.02. The van der Waals surface area contributed by atoms with E-state index >= 15 is 0 Å². The molecule has 0 rings (SSSR count). The maximum absolute atomic E-state index is 5.45. The molecule has 82 valence electrons. The molecule has 3 nitrogen and oxygen atoms in total. The van der Waals surface area contributed by atoms with Crippen LogP contribution in [0.15, 0.2) is 0 Å². The number of rotatable bonds is 8. The molecule has 3 heteroatoms. The van der Waals surface area contributed by atoms with E-state index in [-0.39, 0.29) is 0 Å². The van der Waals surface area contributed by atoms with Crippen LogP contribution in [0.3, 0.4) is 0 Å². The summed E-state index contributed by atoms with van der Waals surface area (Å²) in [5.74, 6) is 8.08. The first-order chi connectivity index (χ1) is 6.78. The van der Waals surface area contributed by atoms with Gasteiger partial charge in [-0.2, -0.15) is 0 Å². The summed E-state index contributed by atoms with van der Waals surface area (Å²) >= 11 is 0. The smallest absolute Gasteiger partial charge is 0.0231 e. The average Bonchev–Trinajstić information content (AvgIpc) is 2.23. The molecule has 0 radical (unpaired) electrons. The molecule has 0 saturated carbocycles. The van der Waals surface area contributed by atoms with Gasteiger partial charge < -0.3 is 4.90 Å². The first-order valence-electron chi connectivity index (χ1n) is 5.40. The van der Waals surface area contributed by atoms with Crippen LogP contribution < -0.4 is 11.3 Å². The predicted octanol–water partition coefficient (Wildman–Crippen LogP) is 0.964. The third kappa shape index (κ3) is 5.98. The Morgan fingerprint density at radius 3 is 2.43 bits per heavy atom. The molecular weight excluding hydrogens is 174 g/mol. The van der Waals surface area contributed by atoms with Gasteiger partial charge in [0.05, 0.1) is 0 Å². The fourth-order valence-electron chi connectivity index (χ4n) is 1.45. The Morgan fingerprint density at radius 2 is 2.00 bits per heavy atom. The topological polar surface area (TPSA) is 41.3 Å². The zero-order chi connectivity index (χ0) is 10.8. The van der Waals surface area contributed by atoms with Gasteiger partial charge in [-0.25, -0.2) is 0 Å². The second-order valence-electron chi connectivity index (χ2n) is 3.42. The Balaban J connectivity index is 3.65. The number of nitrogens with zero attached hydrogens (tertiary/aromatic N) is 1. The largest absolute Gasteiger partial charge is 0.304 e. The van der Waals surface area contributed by atoms with Crippen LogP contribution >= 0.6 is 0 Å². The molecule has 0 spiro atoms. The Kier molecular flexibility index (Phi) is 8.65. The number of nitrogens with one attached hydrogen (secondary N) is 1. The monoisotopic (exact) mass is 197 g/mol. The standard InChI is InChI=1S/C11H23N3/c1-4-7-8-11(13-12)9-10-14(5-2)6-3/h1,11,13H,5-10,12H2,2-3H3. The molecule has 0 saturated heterocycles. The third-order valence-electron chi connectivity index (χ3n) is 2.56. The van der Waals surface area contributed by atoms with Crippen molar-refractivity contribution in [2.45, 2.75) is 39.2 Å². The van der Waals surface area contributed by atoms with Crippen molar-refractivity contribution >= 4 is 0 Å². The van der Waals surface area contributed by atoms with E-state index in [1.807, 2.05) is 0 Å². The Labute approximate surface area is 88.0 Å². The van der Waals surface area contributed by atoms with Gasteiger partial charge >= 0.3 is 0 Å². The van der Waals surface area contributed by atoms with E-state index < -0.39 is 0 Å². The summed E-state index contributed by atoms with van der Waals surface area (Å²) in [6.45, 7) is 7.64. The SMILES string of the molecule is C#CCCC(CCN(CC)CC)NN. The molecule has 0 aliphatic carbocycles. The summed E-state index contributed by atoms with van der Waals surface area (Å²) in [6, 6.07) is 0.353. The van der Waals surface area contributed by atoms with E-state index in [0.717, 1.165) is 38.9 Å². The molecule has 0 aromatic carbocycles. The number of hydrazine groups is 1. The summed E-state index contributed by atoms with van der Waals surface area (Å²) in [6.07, 6.45) is 8.05. The number of terminal acetylenes is 1. The highest BCUT2D eigenvalue weighted by molar-refractivity contribution is 4.85. The minimum Gasteiger partial charge on any atom is -0.304 e. The van der Waals surface area contributed by atoms with E-state index in [4.69, 9.17) is 12.3 Å². The van der Waals surface area contributed by atoms with Gasteiger partial charge in [-0.15, -0.1) is 12.3 Å². The van der Waals surface area contributed by atoms with E-state index in [0.29, 0.717) is 6.04 Å². The highest BCUT2D eigenvalue weighted by atomic mass is 15.2. The number of hydrogen-bond donors (Lipinski definition) is 2. The molecule has 0 aromatic heterocycles. The van der Waals surface area contributed by atoms with Crippen LogP contribution in [0, 0.1) is 12.3 Å². The third-order valence-corrected chi connectivity index (χ3v) is 2.56. The molecule has 3 N–H and O–H groups in total. The Hall–Kier alpha value is -0.560. The minimum atomic E-state index is 0.353. The molecule has 0 fully saturated rings. The zero-order valence-corrected chi connectivity index (χ0v) is 9.42. The quantitative estimate of drug-likeness (QED) is 0.346. The molecule has 0 aliphatic heterocycles. The van der Waals surface area contributed by atoms with Crippen molar-refractivity contribution in [1.29, 1.82) is 0 Å². The molecule has 0 aromatic rings. The first-order valence-corrected chi connectivity index (χ1v) is 5.40. The lowest BCUT2D eigenvalue weighted by Gasteiger charge is -2.21. The van der Waals surface area contributed by atoms with Crippen LogP contribution in [0.25, 0.3) is 0 Å². The van der Waals surface area contributed by atoms with E-state index in [1.165, 1.54) is 0 Å². The Bertz CT molecular complexity index is 158. The highest BCUT2D eigenvalue weighted by Gasteiger charge is 2.07. The van der Waals surface area contributed by atoms with Gasteiger partial charge in [0.2, 0.25) is 0 Å². The first kappa shape index (κ1) is 13.4. The maximum atomic E-state index is 5.45. The van der Waals surface area contributed by atoms with Crippen LogP contribution in [-0.2, 0) is 0 Å². The minimum absolute atomic E-state index is 0.353. The normalized spacial score (nSPS) is 12.8. The lowest BCUT2D eigenvalue weighted by molar-refractivity contribution is 0.278. The summed E-state index contributed by atoms with van der Waals surface area (Å²) in [7, 11) is 0. The van der Waals surface area contributed by atoms with Crippen LogP contribution in [0.5, 0.6) is 0 Å². The van der Waals surface area contributed by atoms with Crippen molar-refractivity contribution < 1.29 is 0 Å². The average molecular weight is 197 g/mol. The second kappa shape index (κ2) is 9.01. The van der Waals surface area contributed by atoms with E-state index in [9.17, 15) is 0 Å². The zero-order valence-electron chi connectivity index (χ0n) is 9.42. The van der Waals surface area contributed by atoms with Gasteiger partial charge in [-0.05, 0) is 32.5 Å². The summed E-state index contributed by atoms with van der Waals surface area (Å²) < 4.78 is 0. The number of nitrogens with two attached hydrogens (primary N) is 1. The molecule has 0 aliphatic rings. The lowest BCUT2D eigenvalue weighted by atomic mass is 10.1. The fourth-order valence-corrected chi connectivity index (χ4v) is 1.45. The molecule has 1 unspecified atom stereocenters. The predicted molar refractivity (Wildman–Crippen MR) is 61.6 cm³/mol. The molecule has 14 heavy (non-hydrogen) atoms. The van der Waals surface area contributed by atoms with Crippen molar-refractivity contribution in [2.75, 3.05) is 19.6 Å². The van der Waals surface area contributed by atoms with Crippen LogP contribution in [0.1, 0.15) is 33.1 Å². The van der Waals surface area contributed by atoms with Gasteiger partial charge in [0.1, 0.15) is 0 Å². The van der Waals surface area contributed by atoms with Crippen molar-refractivity contribution in [3.05, 3.63) is 0 Å².